The zero-order valence-corrected chi connectivity index (χ0v) is 13.8. The van der Waals surface area contributed by atoms with Gasteiger partial charge in [0.25, 0.3) is 0 Å². The van der Waals surface area contributed by atoms with Crippen LogP contribution in [-0.2, 0) is 13.5 Å². The van der Waals surface area contributed by atoms with Crippen molar-refractivity contribution in [3.8, 4) is 0 Å². The van der Waals surface area contributed by atoms with Crippen molar-refractivity contribution in [1.29, 1.82) is 0 Å². The highest BCUT2D eigenvalue weighted by Crippen LogP contribution is 2.25. The van der Waals surface area contributed by atoms with E-state index < -0.39 is 0 Å². The predicted octanol–water partition coefficient (Wildman–Crippen LogP) is 3.59. The summed E-state index contributed by atoms with van der Waals surface area (Å²) in [6, 6.07) is 10.3. The van der Waals surface area contributed by atoms with Crippen LogP contribution >= 0.6 is 15.9 Å². The number of hydrogen-bond donors (Lipinski definition) is 1. The summed E-state index contributed by atoms with van der Waals surface area (Å²) < 4.78 is 2.85. The van der Waals surface area contributed by atoms with E-state index >= 15 is 0 Å². The van der Waals surface area contributed by atoms with Gasteiger partial charge in [0.1, 0.15) is 0 Å². The minimum absolute atomic E-state index is 0.347. The van der Waals surface area contributed by atoms with Gasteiger partial charge < -0.3 is 5.11 Å². The van der Waals surface area contributed by atoms with Crippen LogP contribution in [0, 0.1) is 6.92 Å². The summed E-state index contributed by atoms with van der Waals surface area (Å²) >= 11 is 3.55. The van der Waals surface area contributed by atoms with Crippen molar-refractivity contribution in [3.05, 3.63) is 51.8 Å². The van der Waals surface area contributed by atoms with Gasteiger partial charge in [0, 0.05) is 13.5 Å². The van der Waals surface area contributed by atoms with Gasteiger partial charge in [0.2, 0.25) is 0 Å². The van der Waals surface area contributed by atoms with Crippen LogP contribution in [0.2, 0.25) is 0 Å². The maximum atomic E-state index is 10.3. The number of aliphatic hydroxyl groups excluding tert-OH is 1. The molecule has 0 saturated heterocycles. The van der Waals surface area contributed by atoms with Crippen LogP contribution in [0.5, 0.6) is 0 Å². The van der Waals surface area contributed by atoms with E-state index in [1.54, 1.807) is 0 Å². The van der Waals surface area contributed by atoms with E-state index in [2.05, 4.69) is 40.1 Å². The van der Waals surface area contributed by atoms with E-state index in [-0.39, 0.29) is 6.10 Å². The molecule has 0 radical (unpaired) electrons. The third-order valence-electron chi connectivity index (χ3n) is 3.68. The van der Waals surface area contributed by atoms with Gasteiger partial charge in [-0.2, -0.15) is 5.10 Å². The second-order valence-corrected chi connectivity index (χ2v) is 6.17. The van der Waals surface area contributed by atoms with E-state index in [0.717, 1.165) is 22.3 Å². The Labute approximate surface area is 128 Å². The van der Waals surface area contributed by atoms with Crippen LogP contribution in [0.3, 0.4) is 0 Å². The number of rotatable bonds is 5. The molecule has 2 rings (SSSR count). The minimum atomic E-state index is -0.365. The van der Waals surface area contributed by atoms with Crippen LogP contribution in [-0.4, -0.2) is 21.0 Å². The highest BCUT2D eigenvalue weighted by molar-refractivity contribution is 9.10. The van der Waals surface area contributed by atoms with E-state index in [0.29, 0.717) is 12.3 Å². The van der Waals surface area contributed by atoms with Gasteiger partial charge >= 0.3 is 0 Å². The normalized spacial score (nSPS) is 14.2. The molecule has 1 heterocycles. The van der Waals surface area contributed by atoms with E-state index in [4.69, 9.17) is 0 Å². The number of benzene rings is 1. The molecule has 3 nitrogen and oxygen atoms in total. The Morgan fingerprint density at radius 1 is 1.30 bits per heavy atom. The molecule has 108 valence electrons. The average molecular weight is 337 g/mol. The first-order valence-electron chi connectivity index (χ1n) is 6.90. The van der Waals surface area contributed by atoms with Crippen LogP contribution in [0.15, 0.2) is 34.8 Å². The second kappa shape index (κ2) is 6.55. The first-order valence-corrected chi connectivity index (χ1v) is 7.69. The second-order valence-electron chi connectivity index (χ2n) is 5.38. The fourth-order valence-electron chi connectivity index (χ4n) is 2.53. The lowest BCUT2D eigenvalue weighted by atomic mass is 9.93. The van der Waals surface area contributed by atoms with Crippen molar-refractivity contribution in [2.24, 2.45) is 7.05 Å². The number of halogens is 1. The van der Waals surface area contributed by atoms with Crippen molar-refractivity contribution < 1.29 is 5.11 Å². The van der Waals surface area contributed by atoms with Crippen LogP contribution in [0.1, 0.15) is 36.2 Å². The number of hydrogen-bond acceptors (Lipinski definition) is 2. The molecule has 0 spiro atoms. The summed E-state index contributed by atoms with van der Waals surface area (Å²) in [5, 5.41) is 14.7. The predicted molar refractivity (Wildman–Crippen MR) is 84.8 cm³/mol. The molecule has 2 atom stereocenters. The van der Waals surface area contributed by atoms with Gasteiger partial charge in [-0.05, 0) is 40.8 Å². The summed E-state index contributed by atoms with van der Waals surface area (Å²) in [5.41, 5.74) is 3.29. The molecular weight excluding hydrogens is 316 g/mol. The van der Waals surface area contributed by atoms with Crippen LogP contribution in [0.25, 0.3) is 0 Å². The largest absolute Gasteiger partial charge is 0.393 e. The summed E-state index contributed by atoms with van der Waals surface area (Å²) in [7, 11) is 1.92. The van der Waals surface area contributed by atoms with Gasteiger partial charge in [0.05, 0.1) is 22.0 Å². The zero-order chi connectivity index (χ0) is 14.7. The van der Waals surface area contributed by atoms with Gasteiger partial charge in [-0.1, -0.05) is 37.3 Å². The van der Waals surface area contributed by atoms with Crippen molar-refractivity contribution in [1.82, 2.24) is 9.78 Å². The lowest BCUT2D eigenvalue weighted by molar-refractivity contribution is 0.155. The molecule has 0 fully saturated rings. The molecular formula is C16H21BrN2O. The summed E-state index contributed by atoms with van der Waals surface area (Å²) in [6.07, 6.45) is 1.01. The third kappa shape index (κ3) is 3.49. The Morgan fingerprint density at radius 3 is 2.50 bits per heavy atom. The quantitative estimate of drug-likeness (QED) is 0.905. The van der Waals surface area contributed by atoms with Gasteiger partial charge in [0.15, 0.2) is 0 Å². The Hall–Kier alpha value is -1.13. The molecule has 0 aliphatic heterocycles. The Bertz CT molecular complexity index is 565. The Morgan fingerprint density at radius 2 is 1.95 bits per heavy atom. The topological polar surface area (TPSA) is 38.0 Å². The molecule has 2 aromatic rings. The number of aliphatic hydroxyl groups is 1. The smallest absolute Gasteiger partial charge is 0.0738 e. The van der Waals surface area contributed by atoms with Gasteiger partial charge in [-0.25, -0.2) is 0 Å². The molecule has 0 bridgehead atoms. The van der Waals surface area contributed by atoms with Crippen LogP contribution < -0.4 is 0 Å². The summed E-state index contributed by atoms with van der Waals surface area (Å²) in [6.45, 7) is 4.12. The SMILES string of the molecule is Cc1nn(C)c(CC(O)CC(C)c2ccccc2)c1Br. The standard InChI is InChI=1S/C16H21BrN2O/c1-11(13-7-5-4-6-8-13)9-14(20)10-15-16(17)12(2)18-19(15)3/h4-8,11,14,20H,9-10H2,1-3H3. The van der Waals surface area contributed by atoms with E-state index in [9.17, 15) is 5.11 Å². The molecule has 0 aliphatic rings. The summed E-state index contributed by atoms with van der Waals surface area (Å²) in [5.74, 6) is 0.347. The van der Waals surface area contributed by atoms with E-state index in [1.807, 2.05) is 36.9 Å². The third-order valence-corrected chi connectivity index (χ3v) is 4.72. The fraction of sp³-hybridized carbons (Fsp3) is 0.438. The maximum Gasteiger partial charge on any atom is 0.0738 e. The summed E-state index contributed by atoms with van der Waals surface area (Å²) in [4.78, 5) is 0. The van der Waals surface area contributed by atoms with E-state index in [1.165, 1.54) is 5.56 Å². The number of aromatic nitrogens is 2. The molecule has 20 heavy (non-hydrogen) atoms. The highest BCUT2D eigenvalue weighted by Gasteiger charge is 2.17. The average Bonchev–Trinajstić information content (AvgIpc) is 2.66. The first-order chi connectivity index (χ1) is 9.49. The first kappa shape index (κ1) is 15.3. The van der Waals surface area contributed by atoms with Crippen molar-refractivity contribution in [2.45, 2.75) is 38.7 Å². The van der Waals surface area contributed by atoms with Gasteiger partial charge in [-0.3, -0.25) is 4.68 Å². The van der Waals surface area contributed by atoms with Crippen molar-refractivity contribution in [2.75, 3.05) is 0 Å². The molecule has 0 aliphatic carbocycles. The minimum Gasteiger partial charge on any atom is -0.393 e. The van der Waals surface area contributed by atoms with Crippen molar-refractivity contribution >= 4 is 15.9 Å². The Balaban J connectivity index is 2.00. The number of aryl methyl sites for hydroxylation is 2. The Kier molecular flexibility index (Phi) is 5.00. The molecule has 4 heteroatoms. The lowest BCUT2D eigenvalue weighted by Gasteiger charge is -2.17. The van der Waals surface area contributed by atoms with Crippen LogP contribution in [0.4, 0.5) is 0 Å². The molecule has 0 saturated carbocycles. The number of nitrogens with zero attached hydrogens (tertiary/aromatic N) is 2. The molecule has 1 aromatic heterocycles. The lowest BCUT2D eigenvalue weighted by Crippen LogP contribution is -2.16. The molecule has 1 N–H and O–H groups in total. The van der Waals surface area contributed by atoms with Crippen molar-refractivity contribution in [3.63, 3.8) is 0 Å². The monoisotopic (exact) mass is 336 g/mol. The van der Waals surface area contributed by atoms with Gasteiger partial charge in [-0.15, -0.1) is 0 Å². The maximum absolute atomic E-state index is 10.3. The molecule has 2 unspecified atom stereocenters. The molecule has 1 aromatic carbocycles. The molecule has 0 amide bonds. The zero-order valence-electron chi connectivity index (χ0n) is 12.2. The fourth-order valence-corrected chi connectivity index (χ4v) is 3.03. The highest BCUT2D eigenvalue weighted by atomic mass is 79.9.